The molecule has 1 aliphatic rings. The summed E-state index contributed by atoms with van der Waals surface area (Å²) >= 11 is 0. The standard InChI is InChI=1S/C11H19N3O2/c1-2-14-7-11(6-13-14)15-8-10-4-3-9(5-12)16-10/h6-7,9-10H,2-5,8,12H2,1H3. The minimum absolute atomic E-state index is 0.179. The molecule has 16 heavy (non-hydrogen) atoms. The van der Waals surface area contributed by atoms with Crippen molar-refractivity contribution in [1.82, 2.24) is 9.78 Å². The summed E-state index contributed by atoms with van der Waals surface area (Å²) in [5.74, 6) is 0.807. The summed E-state index contributed by atoms with van der Waals surface area (Å²) in [6.45, 7) is 4.09. The molecule has 1 aromatic rings. The maximum absolute atomic E-state index is 5.69. The smallest absolute Gasteiger partial charge is 0.157 e. The van der Waals surface area contributed by atoms with Crippen molar-refractivity contribution >= 4 is 0 Å². The fourth-order valence-corrected chi connectivity index (χ4v) is 1.86. The second-order valence-electron chi connectivity index (χ2n) is 4.04. The van der Waals surface area contributed by atoms with Crippen LogP contribution in [0.3, 0.4) is 0 Å². The molecule has 1 aromatic heterocycles. The number of hydrogen-bond donors (Lipinski definition) is 1. The molecule has 0 amide bonds. The van der Waals surface area contributed by atoms with Crippen LogP contribution in [0.1, 0.15) is 19.8 Å². The molecule has 0 aliphatic carbocycles. The van der Waals surface area contributed by atoms with Crippen LogP contribution < -0.4 is 10.5 Å². The zero-order valence-corrected chi connectivity index (χ0v) is 9.63. The first-order chi connectivity index (χ1) is 7.81. The molecule has 2 unspecified atom stereocenters. The fourth-order valence-electron chi connectivity index (χ4n) is 1.86. The summed E-state index contributed by atoms with van der Waals surface area (Å²) in [5.41, 5.74) is 5.55. The lowest BCUT2D eigenvalue weighted by Crippen LogP contribution is -2.23. The number of ether oxygens (including phenoxy) is 2. The quantitative estimate of drug-likeness (QED) is 0.804. The molecular formula is C11H19N3O2. The second-order valence-corrected chi connectivity index (χ2v) is 4.04. The Labute approximate surface area is 95.5 Å². The van der Waals surface area contributed by atoms with Crippen LogP contribution in [0.2, 0.25) is 0 Å². The highest BCUT2D eigenvalue weighted by molar-refractivity contribution is 5.11. The van der Waals surface area contributed by atoms with Gasteiger partial charge in [0.25, 0.3) is 0 Å². The lowest BCUT2D eigenvalue weighted by atomic mass is 10.2. The summed E-state index contributed by atoms with van der Waals surface area (Å²) in [7, 11) is 0. The van der Waals surface area contributed by atoms with Crippen molar-refractivity contribution in [3.63, 3.8) is 0 Å². The van der Waals surface area contributed by atoms with Gasteiger partial charge in [-0.3, -0.25) is 4.68 Å². The largest absolute Gasteiger partial charge is 0.488 e. The van der Waals surface area contributed by atoms with Crippen molar-refractivity contribution in [2.75, 3.05) is 13.2 Å². The predicted octanol–water partition coefficient (Wildman–Crippen LogP) is 0.788. The van der Waals surface area contributed by atoms with Crippen LogP contribution >= 0.6 is 0 Å². The minimum Gasteiger partial charge on any atom is -0.488 e. The van der Waals surface area contributed by atoms with Crippen LogP contribution in [0.25, 0.3) is 0 Å². The summed E-state index contributed by atoms with van der Waals surface area (Å²) < 4.78 is 13.1. The van der Waals surface area contributed by atoms with Gasteiger partial charge in [-0.05, 0) is 19.8 Å². The normalized spacial score (nSPS) is 24.9. The van der Waals surface area contributed by atoms with Crippen molar-refractivity contribution in [1.29, 1.82) is 0 Å². The molecule has 2 atom stereocenters. The van der Waals surface area contributed by atoms with Crippen LogP contribution in [-0.4, -0.2) is 35.1 Å². The van der Waals surface area contributed by atoms with Gasteiger partial charge in [-0.15, -0.1) is 0 Å². The lowest BCUT2D eigenvalue weighted by Gasteiger charge is -2.12. The zero-order chi connectivity index (χ0) is 11.4. The molecular weight excluding hydrogens is 206 g/mol. The molecule has 0 radical (unpaired) electrons. The zero-order valence-electron chi connectivity index (χ0n) is 9.63. The van der Waals surface area contributed by atoms with Gasteiger partial charge in [0.2, 0.25) is 0 Å². The molecule has 5 nitrogen and oxygen atoms in total. The van der Waals surface area contributed by atoms with Crippen molar-refractivity contribution in [2.45, 2.75) is 38.5 Å². The third kappa shape index (κ3) is 2.74. The molecule has 90 valence electrons. The first-order valence-corrected chi connectivity index (χ1v) is 5.82. The summed E-state index contributed by atoms with van der Waals surface area (Å²) in [6, 6.07) is 0. The number of rotatable bonds is 5. The number of hydrogen-bond acceptors (Lipinski definition) is 4. The third-order valence-electron chi connectivity index (χ3n) is 2.83. The number of aryl methyl sites for hydroxylation is 1. The van der Waals surface area contributed by atoms with E-state index in [0.717, 1.165) is 25.1 Å². The second kappa shape index (κ2) is 5.32. The van der Waals surface area contributed by atoms with Gasteiger partial charge in [0, 0.05) is 13.1 Å². The highest BCUT2D eigenvalue weighted by Gasteiger charge is 2.24. The Bertz CT molecular complexity index is 327. The van der Waals surface area contributed by atoms with Crippen LogP contribution in [-0.2, 0) is 11.3 Å². The maximum Gasteiger partial charge on any atom is 0.157 e. The Morgan fingerprint density at radius 2 is 2.38 bits per heavy atom. The lowest BCUT2D eigenvalue weighted by molar-refractivity contribution is 0.0222. The molecule has 2 heterocycles. The van der Waals surface area contributed by atoms with Gasteiger partial charge in [-0.1, -0.05) is 0 Å². The van der Waals surface area contributed by atoms with Crippen LogP contribution in [0.5, 0.6) is 5.75 Å². The van der Waals surface area contributed by atoms with E-state index in [4.69, 9.17) is 15.2 Å². The average Bonchev–Trinajstić information content (AvgIpc) is 2.95. The van der Waals surface area contributed by atoms with Crippen LogP contribution in [0.15, 0.2) is 12.4 Å². The predicted molar refractivity (Wildman–Crippen MR) is 60.3 cm³/mol. The maximum atomic E-state index is 5.69. The van der Waals surface area contributed by atoms with Gasteiger partial charge in [0.1, 0.15) is 6.61 Å². The van der Waals surface area contributed by atoms with E-state index in [1.54, 1.807) is 6.20 Å². The molecule has 0 spiro atoms. The van der Waals surface area contributed by atoms with E-state index in [2.05, 4.69) is 5.10 Å². The van der Waals surface area contributed by atoms with Crippen molar-refractivity contribution < 1.29 is 9.47 Å². The Morgan fingerprint density at radius 1 is 1.56 bits per heavy atom. The van der Waals surface area contributed by atoms with E-state index in [9.17, 15) is 0 Å². The molecule has 1 fully saturated rings. The first kappa shape index (κ1) is 11.4. The molecule has 1 aliphatic heterocycles. The number of nitrogens with zero attached hydrogens (tertiary/aromatic N) is 2. The van der Waals surface area contributed by atoms with Gasteiger partial charge >= 0.3 is 0 Å². The van der Waals surface area contributed by atoms with Crippen LogP contribution in [0, 0.1) is 0 Å². The molecule has 2 rings (SSSR count). The van der Waals surface area contributed by atoms with E-state index in [0.29, 0.717) is 13.2 Å². The first-order valence-electron chi connectivity index (χ1n) is 5.82. The van der Waals surface area contributed by atoms with Gasteiger partial charge < -0.3 is 15.2 Å². The van der Waals surface area contributed by atoms with E-state index in [-0.39, 0.29) is 12.2 Å². The summed E-state index contributed by atoms with van der Waals surface area (Å²) in [6.07, 6.45) is 6.10. The Balaban J connectivity index is 1.75. The molecule has 5 heteroatoms. The summed E-state index contributed by atoms with van der Waals surface area (Å²) in [4.78, 5) is 0. The number of aromatic nitrogens is 2. The molecule has 0 bridgehead atoms. The average molecular weight is 225 g/mol. The highest BCUT2D eigenvalue weighted by atomic mass is 16.5. The SMILES string of the molecule is CCn1cc(OCC2CCC(CN)O2)cn1. The third-order valence-corrected chi connectivity index (χ3v) is 2.83. The topological polar surface area (TPSA) is 62.3 Å². The molecule has 0 saturated carbocycles. The highest BCUT2D eigenvalue weighted by Crippen LogP contribution is 2.20. The van der Waals surface area contributed by atoms with Crippen molar-refractivity contribution in [3.05, 3.63) is 12.4 Å². The molecule has 2 N–H and O–H groups in total. The fraction of sp³-hybridized carbons (Fsp3) is 0.727. The minimum atomic E-state index is 0.179. The van der Waals surface area contributed by atoms with Gasteiger partial charge in [-0.25, -0.2) is 0 Å². The van der Waals surface area contributed by atoms with E-state index >= 15 is 0 Å². The number of nitrogens with two attached hydrogens (primary N) is 1. The van der Waals surface area contributed by atoms with E-state index in [1.807, 2.05) is 17.8 Å². The van der Waals surface area contributed by atoms with Gasteiger partial charge in [-0.2, -0.15) is 5.10 Å². The Hall–Kier alpha value is -1.07. The van der Waals surface area contributed by atoms with Gasteiger partial charge in [0.05, 0.1) is 24.6 Å². The van der Waals surface area contributed by atoms with Crippen molar-refractivity contribution in [2.24, 2.45) is 5.73 Å². The molecule has 0 aromatic carbocycles. The van der Waals surface area contributed by atoms with Crippen molar-refractivity contribution in [3.8, 4) is 5.75 Å². The Morgan fingerprint density at radius 3 is 3.00 bits per heavy atom. The van der Waals surface area contributed by atoms with E-state index < -0.39 is 0 Å². The Kier molecular flexibility index (Phi) is 3.79. The van der Waals surface area contributed by atoms with Gasteiger partial charge in [0.15, 0.2) is 5.75 Å². The summed E-state index contributed by atoms with van der Waals surface area (Å²) in [5, 5.41) is 4.14. The van der Waals surface area contributed by atoms with Crippen LogP contribution in [0.4, 0.5) is 0 Å². The monoisotopic (exact) mass is 225 g/mol. The molecule has 1 saturated heterocycles. The van der Waals surface area contributed by atoms with E-state index in [1.165, 1.54) is 0 Å².